The third-order valence-electron chi connectivity index (χ3n) is 5.45. The van der Waals surface area contributed by atoms with Gasteiger partial charge in [-0.25, -0.2) is 8.42 Å². The van der Waals surface area contributed by atoms with E-state index in [4.69, 9.17) is 0 Å². The van der Waals surface area contributed by atoms with Crippen LogP contribution in [0.5, 0.6) is 0 Å². The number of aromatic nitrogens is 2. The van der Waals surface area contributed by atoms with Crippen LogP contribution >= 0.6 is 11.7 Å². The maximum Gasteiger partial charge on any atom is 0.246 e. The van der Waals surface area contributed by atoms with Gasteiger partial charge in [0, 0.05) is 12.2 Å². The topological polar surface area (TPSA) is 92.3 Å². The first-order valence-electron chi connectivity index (χ1n) is 9.50. The van der Waals surface area contributed by atoms with Gasteiger partial charge in [-0.3, -0.25) is 4.79 Å². The summed E-state index contributed by atoms with van der Waals surface area (Å²) in [5.74, 6) is -0.300. The van der Waals surface area contributed by atoms with Crippen LogP contribution in [-0.2, 0) is 14.8 Å². The van der Waals surface area contributed by atoms with Crippen LogP contribution in [0, 0.1) is 13.8 Å². The summed E-state index contributed by atoms with van der Waals surface area (Å²) in [6.45, 7) is 4.22. The van der Waals surface area contributed by atoms with E-state index in [1.54, 1.807) is 12.1 Å². The van der Waals surface area contributed by atoms with Gasteiger partial charge in [0.05, 0.1) is 11.7 Å². The summed E-state index contributed by atoms with van der Waals surface area (Å²) in [5, 5.41) is 2.94. The summed E-state index contributed by atoms with van der Waals surface area (Å²) in [4.78, 5) is 13.2. The molecule has 4 rings (SSSR count). The van der Waals surface area contributed by atoms with E-state index in [2.05, 4.69) is 14.1 Å². The van der Waals surface area contributed by atoms with E-state index in [0.29, 0.717) is 29.7 Å². The Kier molecular flexibility index (Phi) is 5.37. The summed E-state index contributed by atoms with van der Waals surface area (Å²) in [5.41, 5.74) is 3.66. The van der Waals surface area contributed by atoms with Gasteiger partial charge >= 0.3 is 0 Å². The minimum Gasteiger partial charge on any atom is -0.324 e. The zero-order valence-corrected chi connectivity index (χ0v) is 17.9. The van der Waals surface area contributed by atoms with Gasteiger partial charge < -0.3 is 5.32 Å². The van der Waals surface area contributed by atoms with Gasteiger partial charge in [-0.15, -0.1) is 0 Å². The third kappa shape index (κ3) is 3.65. The second kappa shape index (κ2) is 7.81. The third-order valence-corrected chi connectivity index (χ3v) is 7.94. The molecule has 3 aromatic rings. The molecule has 1 atom stereocenters. The summed E-state index contributed by atoms with van der Waals surface area (Å²) >= 11 is 0.979. The number of anilines is 1. The Hall–Kier alpha value is -2.36. The lowest BCUT2D eigenvalue weighted by Gasteiger charge is -2.33. The van der Waals surface area contributed by atoms with Crippen LogP contribution in [0.2, 0.25) is 0 Å². The van der Waals surface area contributed by atoms with Gasteiger partial charge in [0.2, 0.25) is 15.9 Å². The van der Waals surface area contributed by atoms with Crippen molar-refractivity contribution in [2.45, 2.75) is 44.0 Å². The smallest absolute Gasteiger partial charge is 0.246 e. The molecule has 2 heterocycles. The molecule has 1 saturated heterocycles. The second-order valence-corrected chi connectivity index (χ2v) is 9.64. The van der Waals surface area contributed by atoms with Crippen molar-refractivity contribution in [1.29, 1.82) is 0 Å². The highest BCUT2D eigenvalue weighted by Crippen LogP contribution is 2.30. The van der Waals surface area contributed by atoms with Gasteiger partial charge in [-0.05, 0) is 56.0 Å². The van der Waals surface area contributed by atoms with E-state index in [1.807, 2.05) is 32.0 Å². The number of carbonyl (C=O) groups is 1. The van der Waals surface area contributed by atoms with Gasteiger partial charge in [0.15, 0.2) is 0 Å². The van der Waals surface area contributed by atoms with Crippen LogP contribution in [0.1, 0.15) is 30.4 Å². The lowest BCUT2D eigenvalue weighted by Crippen LogP contribution is -2.49. The van der Waals surface area contributed by atoms with Gasteiger partial charge in [0.25, 0.3) is 0 Å². The van der Waals surface area contributed by atoms with E-state index in [0.717, 1.165) is 35.7 Å². The molecule has 0 unspecified atom stereocenters. The molecule has 1 amide bonds. The fourth-order valence-corrected chi connectivity index (χ4v) is 6.08. The quantitative estimate of drug-likeness (QED) is 0.684. The highest BCUT2D eigenvalue weighted by atomic mass is 32.2. The zero-order chi connectivity index (χ0) is 20.6. The first-order valence-corrected chi connectivity index (χ1v) is 11.7. The Labute approximate surface area is 174 Å². The predicted molar refractivity (Wildman–Crippen MR) is 113 cm³/mol. The number of carbonyl (C=O) groups excluding carboxylic acids is 1. The molecule has 29 heavy (non-hydrogen) atoms. The van der Waals surface area contributed by atoms with Crippen molar-refractivity contribution in [1.82, 2.24) is 13.1 Å². The van der Waals surface area contributed by atoms with Gasteiger partial charge in [-0.2, -0.15) is 13.1 Å². The molecule has 1 aliphatic heterocycles. The van der Waals surface area contributed by atoms with Crippen LogP contribution in [0.25, 0.3) is 11.0 Å². The van der Waals surface area contributed by atoms with Crippen molar-refractivity contribution < 1.29 is 13.2 Å². The maximum atomic E-state index is 13.5. The van der Waals surface area contributed by atoms with E-state index in [-0.39, 0.29) is 10.8 Å². The lowest BCUT2D eigenvalue weighted by atomic mass is 10.0. The molecule has 1 aromatic heterocycles. The van der Waals surface area contributed by atoms with Crippen molar-refractivity contribution in [3.8, 4) is 0 Å². The van der Waals surface area contributed by atoms with E-state index in [1.165, 1.54) is 10.4 Å². The highest BCUT2D eigenvalue weighted by Gasteiger charge is 2.38. The Morgan fingerprint density at radius 3 is 2.76 bits per heavy atom. The lowest BCUT2D eigenvalue weighted by molar-refractivity contribution is -0.120. The fraction of sp³-hybridized carbons (Fsp3) is 0.350. The van der Waals surface area contributed by atoms with Crippen LogP contribution in [0.3, 0.4) is 0 Å². The second-order valence-electron chi connectivity index (χ2n) is 7.25. The number of sulfonamides is 1. The average Bonchev–Trinajstić information content (AvgIpc) is 3.20. The molecule has 0 spiro atoms. The van der Waals surface area contributed by atoms with Gasteiger partial charge in [0.1, 0.15) is 22.0 Å². The Morgan fingerprint density at radius 2 is 1.93 bits per heavy atom. The Morgan fingerprint density at radius 1 is 1.14 bits per heavy atom. The van der Waals surface area contributed by atoms with Crippen molar-refractivity contribution in [2.75, 3.05) is 11.9 Å². The molecule has 9 heteroatoms. The summed E-state index contributed by atoms with van der Waals surface area (Å²) in [6, 6.07) is 9.87. The number of nitrogens with one attached hydrogen (secondary N) is 1. The van der Waals surface area contributed by atoms with Crippen LogP contribution in [-0.4, -0.2) is 40.0 Å². The highest BCUT2D eigenvalue weighted by molar-refractivity contribution is 7.89. The first kappa shape index (κ1) is 19.9. The number of rotatable bonds is 4. The number of amides is 1. The summed E-state index contributed by atoms with van der Waals surface area (Å²) in [6.07, 6.45) is 2.01. The molecule has 1 fully saturated rings. The molecule has 0 radical (unpaired) electrons. The molecule has 0 saturated carbocycles. The van der Waals surface area contributed by atoms with Crippen LogP contribution in [0.4, 0.5) is 5.69 Å². The molecule has 152 valence electrons. The first-order chi connectivity index (χ1) is 13.9. The molecular weight excluding hydrogens is 408 g/mol. The Balaban J connectivity index is 1.67. The Bertz CT molecular complexity index is 1170. The molecule has 7 nitrogen and oxygen atoms in total. The van der Waals surface area contributed by atoms with E-state index >= 15 is 0 Å². The van der Waals surface area contributed by atoms with Crippen LogP contribution in [0.15, 0.2) is 41.3 Å². The summed E-state index contributed by atoms with van der Waals surface area (Å²) in [7, 11) is -3.89. The average molecular weight is 431 g/mol. The fourth-order valence-electron chi connectivity index (χ4n) is 3.67. The van der Waals surface area contributed by atoms with Gasteiger partial charge in [-0.1, -0.05) is 24.6 Å². The number of nitrogens with zero attached hydrogens (tertiary/aromatic N) is 3. The molecular formula is C20H22N4O3S2. The largest absolute Gasteiger partial charge is 0.324 e. The zero-order valence-electron chi connectivity index (χ0n) is 16.3. The van der Waals surface area contributed by atoms with E-state index < -0.39 is 16.1 Å². The standard InChI is InChI=1S/C20H22N4O3S2/c1-13-7-5-8-15(14(13)2)21-20(25)17-10-3-4-12-24(17)29(26,27)18-11-6-9-16-19(18)23-28-22-16/h5-9,11,17H,3-4,10,12H2,1-2H3,(H,21,25)/t17-/m1/s1. The molecule has 0 bridgehead atoms. The number of piperidine rings is 1. The van der Waals surface area contributed by atoms with E-state index in [9.17, 15) is 13.2 Å². The monoisotopic (exact) mass is 430 g/mol. The number of fused-ring (bicyclic) bond motifs is 1. The molecule has 1 aliphatic rings. The number of hydrogen-bond donors (Lipinski definition) is 1. The molecule has 2 aromatic carbocycles. The molecule has 0 aliphatic carbocycles. The number of hydrogen-bond acceptors (Lipinski definition) is 6. The number of benzene rings is 2. The maximum absolute atomic E-state index is 13.5. The van der Waals surface area contributed by atoms with Crippen molar-refractivity contribution in [3.05, 3.63) is 47.5 Å². The van der Waals surface area contributed by atoms with Crippen LogP contribution < -0.4 is 5.32 Å². The number of aryl methyl sites for hydroxylation is 1. The minimum absolute atomic E-state index is 0.107. The summed E-state index contributed by atoms with van der Waals surface area (Å²) < 4.78 is 36.6. The van der Waals surface area contributed by atoms with Crippen molar-refractivity contribution in [3.63, 3.8) is 0 Å². The van der Waals surface area contributed by atoms with Crippen molar-refractivity contribution in [2.24, 2.45) is 0 Å². The molecule has 1 N–H and O–H groups in total. The minimum atomic E-state index is -3.89. The SMILES string of the molecule is Cc1cccc(NC(=O)[C@H]2CCCCN2S(=O)(=O)c2cccc3nsnc23)c1C. The normalized spacial score (nSPS) is 18.1. The van der Waals surface area contributed by atoms with Crippen molar-refractivity contribution >= 4 is 44.4 Å². The predicted octanol–water partition coefficient (Wildman–Crippen LogP) is 3.49.